The largest absolute Gasteiger partial charge is 0.462 e. The second-order valence-corrected chi connectivity index (χ2v) is 4.10. The number of ether oxygens (including phenoxy) is 1. The summed E-state index contributed by atoms with van der Waals surface area (Å²) in [6.07, 6.45) is 0. The van der Waals surface area contributed by atoms with Gasteiger partial charge < -0.3 is 4.74 Å². The molecule has 2 aromatic heterocycles. The third-order valence-corrected chi connectivity index (χ3v) is 3.26. The van der Waals surface area contributed by atoms with Crippen molar-refractivity contribution in [1.82, 2.24) is 15.4 Å². The van der Waals surface area contributed by atoms with Crippen LogP contribution in [0.3, 0.4) is 0 Å². The van der Waals surface area contributed by atoms with Gasteiger partial charge in [0, 0.05) is 0 Å². The van der Waals surface area contributed by atoms with E-state index in [1.54, 1.807) is 13.8 Å². The molecular weight excluding hydrogens is 230 g/mol. The van der Waals surface area contributed by atoms with Crippen LogP contribution in [-0.2, 0) is 4.74 Å². The van der Waals surface area contributed by atoms with E-state index in [1.807, 2.05) is 0 Å². The molecular formula is C9H9N3O3S. The molecule has 0 aliphatic heterocycles. The van der Waals surface area contributed by atoms with E-state index in [4.69, 9.17) is 4.74 Å². The van der Waals surface area contributed by atoms with Crippen LogP contribution < -0.4 is 5.56 Å². The average molecular weight is 239 g/mol. The van der Waals surface area contributed by atoms with Gasteiger partial charge in [0.05, 0.1) is 12.0 Å². The van der Waals surface area contributed by atoms with Crippen LogP contribution in [0.1, 0.15) is 22.2 Å². The zero-order valence-electron chi connectivity index (χ0n) is 8.73. The van der Waals surface area contributed by atoms with Crippen molar-refractivity contribution >= 4 is 27.5 Å². The van der Waals surface area contributed by atoms with Gasteiger partial charge in [0.2, 0.25) is 0 Å². The van der Waals surface area contributed by atoms with Crippen molar-refractivity contribution in [3.05, 3.63) is 20.8 Å². The van der Waals surface area contributed by atoms with Gasteiger partial charge >= 0.3 is 5.97 Å². The summed E-state index contributed by atoms with van der Waals surface area (Å²) in [5.74, 6) is -0.428. The minimum Gasteiger partial charge on any atom is -0.462 e. The number of aromatic amines is 1. The molecule has 0 aliphatic rings. The molecule has 16 heavy (non-hydrogen) atoms. The molecule has 0 bridgehead atoms. The highest BCUT2D eigenvalue weighted by molar-refractivity contribution is 7.20. The maximum atomic E-state index is 11.6. The molecule has 0 aliphatic carbocycles. The number of rotatable bonds is 2. The molecule has 0 radical (unpaired) electrons. The number of fused-ring (bicyclic) bond motifs is 1. The average Bonchev–Trinajstić information content (AvgIpc) is 2.58. The third kappa shape index (κ3) is 1.58. The monoisotopic (exact) mass is 239 g/mol. The van der Waals surface area contributed by atoms with E-state index in [2.05, 4.69) is 15.4 Å². The van der Waals surface area contributed by atoms with Gasteiger partial charge in [-0.1, -0.05) is 5.21 Å². The zero-order valence-corrected chi connectivity index (χ0v) is 9.55. The van der Waals surface area contributed by atoms with Crippen LogP contribution in [0.15, 0.2) is 4.79 Å². The molecule has 0 amide bonds. The molecule has 0 atom stereocenters. The van der Waals surface area contributed by atoms with Crippen LogP contribution >= 0.6 is 11.3 Å². The number of carbonyl (C=O) groups is 1. The van der Waals surface area contributed by atoms with Crippen LogP contribution in [0.5, 0.6) is 0 Å². The van der Waals surface area contributed by atoms with Crippen molar-refractivity contribution < 1.29 is 9.53 Å². The topological polar surface area (TPSA) is 84.9 Å². The highest BCUT2D eigenvalue weighted by Gasteiger charge is 2.19. The lowest BCUT2D eigenvalue weighted by molar-refractivity contribution is 0.0531. The Labute approximate surface area is 94.2 Å². The summed E-state index contributed by atoms with van der Waals surface area (Å²) < 4.78 is 4.89. The van der Waals surface area contributed by atoms with Crippen LogP contribution in [0.25, 0.3) is 10.2 Å². The third-order valence-electron chi connectivity index (χ3n) is 2.11. The summed E-state index contributed by atoms with van der Waals surface area (Å²) in [6, 6.07) is 0. The quantitative estimate of drug-likeness (QED) is 0.786. The van der Waals surface area contributed by atoms with E-state index >= 15 is 0 Å². The Morgan fingerprint density at radius 3 is 2.94 bits per heavy atom. The van der Waals surface area contributed by atoms with Gasteiger partial charge in [0.15, 0.2) is 4.83 Å². The Hall–Kier alpha value is -1.76. The van der Waals surface area contributed by atoms with Gasteiger partial charge in [-0.15, -0.1) is 16.4 Å². The number of hydrogen-bond acceptors (Lipinski definition) is 6. The van der Waals surface area contributed by atoms with Crippen molar-refractivity contribution in [2.45, 2.75) is 13.8 Å². The van der Waals surface area contributed by atoms with Crippen LogP contribution in [0.4, 0.5) is 0 Å². The van der Waals surface area contributed by atoms with E-state index < -0.39 is 5.97 Å². The molecule has 0 aromatic carbocycles. The SMILES string of the molecule is CCOC(=O)c1sc2nn[nH]c(=O)c2c1C. The Kier molecular flexibility index (Phi) is 2.69. The molecule has 1 N–H and O–H groups in total. The predicted octanol–water partition coefficient (Wildman–Crippen LogP) is 0.865. The normalized spacial score (nSPS) is 10.6. The van der Waals surface area contributed by atoms with Gasteiger partial charge in [-0.25, -0.2) is 9.89 Å². The maximum Gasteiger partial charge on any atom is 0.348 e. The zero-order chi connectivity index (χ0) is 11.7. The van der Waals surface area contributed by atoms with Crippen molar-refractivity contribution in [2.75, 3.05) is 6.61 Å². The number of aryl methyl sites for hydroxylation is 1. The summed E-state index contributed by atoms with van der Waals surface area (Å²) >= 11 is 1.12. The molecule has 0 spiro atoms. The fourth-order valence-electron chi connectivity index (χ4n) is 1.40. The molecule has 0 saturated heterocycles. The van der Waals surface area contributed by atoms with E-state index in [1.165, 1.54) is 0 Å². The summed E-state index contributed by atoms with van der Waals surface area (Å²) in [5, 5.41) is 9.86. The number of aromatic nitrogens is 3. The van der Waals surface area contributed by atoms with Gasteiger partial charge in [0.1, 0.15) is 4.88 Å². The molecule has 6 nitrogen and oxygen atoms in total. The highest BCUT2D eigenvalue weighted by Crippen LogP contribution is 2.26. The number of nitrogens with one attached hydrogen (secondary N) is 1. The highest BCUT2D eigenvalue weighted by atomic mass is 32.1. The molecule has 2 heterocycles. The van der Waals surface area contributed by atoms with E-state index in [-0.39, 0.29) is 5.56 Å². The van der Waals surface area contributed by atoms with Crippen molar-refractivity contribution in [1.29, 1.82) is 0 Å². The molecule has 7 heteroatoms. The first-order chi connectivity index (χ1) is 7.65. The minimum atomic E-state index is -0.428. The smallest absolute Gasteiger partial charge is 0.348 e. The fraction of sp³-hybridized carbons (Fsp3) is 0.333. The van der Waals surface area contributed by atoms with E-state index in [0.717, 1.165) is 11.3 Å². The Morgan fingerprint density at radius 1 is 1.56 bits per heavy atom. The Morgan fingerprint density at radius 2 is 2.31 bits per heavy atom. The van der Waals surface area contributed by atoms with Crippen molar-refractivity contribution in [3.8, 4) is 0 Å². The van der Waals surface area contributed by atoms with E-state index in [9.17, 15) is 9.59 Å². The molecule has 2 rings (SSSR count). The molecule has 2 aromatic rings. The van der Waals surface area contributed by atoms with Gasteiger partial charge in [-0.2, -0.15) is 0 Å². The Balaban J connectivity index is 2.65. The van der Waals surface area contributed by atoms with Crippen molar-refractivity contribution in [2.24, 2.45) is 0 Å². The van der Waals surface area contributed by atoms with Gasteiger partial charge in [-0.3, -0.25) is 4.79 Å². The first kappa shape index (κ1) is 10.7. The second-order valence-electron chi connectivity index (χ2n) is 3.10. The first-order valence-corrected chi connectivity index (χ1v) is 5.48. The minimum absolute atomic E-state index is 0.300. The van der Waals surface area contributed by atoms with Crippen LogP contribution in [0, 0.1) is 6.92 Å². The number of H-pyrrole nitrogens is 1. The lowest BCUT2D eigenvalue weighted by atomic mass is 10.2. The molecule has 84 valence electrons. The standard InChI is InChI=1S/C9H9N3O3S/c1-3-15-9(14)6-4(2)5-7(13)10-12-11-8(5)16-6/h3H2,1-2H3,(H,10,11,13). The lowest BCUT2D eigenvalue weighted by Gasteiger charge is -1.98. The summed E-state index contributed by atoms with van der Waals surface area (Å²) in [6.45, 7) is 3.73. The van der Waals surface area contributed by atoms with Gasteiger partial charge in [-0.05, 0) is 19.4 Å². The number of esters is 1. The summed E-state index contributed by atoms with van der Waals surface area (Å²) in [7, 11) is 0. The lowest BCUT2D eigenvalue weighted by Crippen LogP contribution is -2.09. The van der Waals surface area contributed by atoms with Crippen LogP contribution in [0.2, 0.25) is 0 Å². The summed E-state index contributed by atoms with van der Waals surface area (Å²) in [4.78, 5) is 23.9. The number of carbonyl (C=O) groups excluding carboxylic acids is 1. The number of hydrogen-bond donors (Lipinski definition) is 1. The van der Waals surface area contributed by atoms with E-state index in [0.29, 0.717) is 27.3 Å². The molecule has 0 saturated carbocycles. The summed E-state index contributed by atoms with van der Waals surface area (Å²) in [5.41, 5.74) is 0.254. The molecule has 0 unspecified atom stereocenters. The van der Waals surface area contributed by atoms with Gasteiger partial charge in [0.25, 0.3) is 5.56 Å². The number of nitrogens with zero attached hydrogens (tertiary/aromatic N) is 2. The fourth-order valence-corrected chi connectivity index (χ4v) is 2.42. The molecule has 0 fully saturated rings. The first-order valence-electron chi connectivity index (χ1n) is 4.66. The van der Waals surface area contributed by atoms with Crippen LogP contribution in [-0.4, -0.2) is 28.0 Å². The predicted molar refractivity (Wildman–Crippen MR) is 58.7 cm³/mol. The Bertz CT molecular complexity index is 602. The van der Waals surface area contributed by atoms with Crippen molar-refractivity contribution in [3.63, 3.8) is 0 Å². The second kappa shape index (κ2) is 4.01. The number of thiophene rings is 1. The maximum absolute atomic E-state index is 11.6.